The molecular weight excluding hydrogens is 230 g/mol. The van der Waals surface area contributed by atoms with Crippen LogP contribution in [0.4, 0.5) is 0 Å². The molecule has 0 radical (unpaired) electrons. The van der Waals surface area contributed by atoms with Crippen molar-refractivity contribution in [1.29, 1.82) is 0 Å². The molecule has 1 aromatic carbocycles. The lowest BCUT2D eigenvalue weighted by atomic mass is 9.94. The molecule has 19 heavy (non-hydrogen) atoms. The molecule has 0 N–H and O–H groups in total. The minimum Gasteiger partial charge on any atom is -0.201 e. The number of pyridine rings is 1. The van der Waals surface area contributed by atoms with Gasteiger partial charge in [-0.2, -0.15) is 0 Å². The summed E-state index contributed by atoms with van der Waals surface area (Å²) in [5, 5.41) is 0. The summed E-state index contributed by atoms with van der Waals surface area (Å²) in [7, 11) is 2.15. The van der Waals surface area contributed by atoms with E-state index < -0.39 is 0 Å². The number of hydrogen-bond donors (Lipinski definition) is 0. The van der Waals surface area contributed by atoms with Gasteiger partial charge in [0.05, 0.1) is 0 Å². The van der Waals surface area contributed by atoms with Crippen LogP contribution < -0.4 is 4.57 Å². The Bertz CT molecular complexity index is 584. The summed E-state index contributed by atoms with van der Waals surface area (Å²) in [6.45, 7) is 8.95. The summed E-state index contributed by atoms with van der Waals surface area (Å²) in [5.41, 5.74) is 6.80. The molecule has 0 aliphatic rings. The second kappa shape index (κ2) is 5.56. The fourth-order valence-corrected chi connectivity index (χ4v) is 2.63. The smallest absolute Gasteiger partial charge is 0.201 e. The molecule has 0 amide bonds. The lowest BCUT2D eigenvalue weighted by Gasteiger charge is -2.13. The summed E-state index contributed by atoms with van der Waals surface area (Å²) in [6, 6.07) is 10.9. The first-order valence-corrected chi connectivity index (χ1v) is 7.10. The van der Waals surface area contributed by atoms with Crippen molar-refractivity contribution < 1.29 is 4.57 Å². The Morgan fingerprint density at radius 1 is 1.11 bits per heavy atom. The number of aromatic nitrogens is 1. The van der Waals surface area contributed by atoms with Crippen LogP contribution in [0.15, 0.2) is 36.5 Å². The van der Waals surface area contributed by atoms with E-state index in [0.29, 0.717) is 5.92 Å². The number of aryl methyl sites for hydroxylation is 3. The van der Waals surface area contributed by atoms with Gasteiger partial charge in [0.25, 0.3) is 0 Å². The van der Waals surface area contributed by atoms with Crippen molar-refractivity contribution in [2.24, 2.45) is 7.05 Å². The Kier molecular flexibility index (Phi) is 4.04. The Balaban J connectivity index is 2.56. The van der Waals surface area contributed by atoms with Gasteiger partial charge in [-0.25, -0.2) is 4.57 Å². The van der Waals surface area contributed by atoms with Crippen LogP contribution in [-0.4, -0.2) is 0 Å². The zero-order chi connectivity index (χ0) is 14.0. The molecular formula is C18H24N+. The molecule has 2 rings (SSSR count). The molecule has 1 atom stereocenters. The third kappa shape index (κ3) is 2.70. The SMILES string of the molecule is CCC(C)c1c[n+](C)c(-c2ccccc2C)cc1C. The van der Waals surface area contributed by atoms with E-state index in [4.69, 9.17) is 0 Å². The molecule has 2 aromatic rings. The van der Waals surface area contributed by atoms with Gasteiger partial charge >= 0.3 is 0 Å². The molecule has 1 unspecified atom stereocenters. The maximum atomic E-state index is 2.32. The third-order valence-corrected chi connectivity index (χ3v) is 4.09. The zero-order valence-corrected chi connectivity index (χ0v) is 12.7. The van der Waals surface area contributed by atoms with Gasteiger partial charge in [0.15, 0.2) is 6.20 Å². The number of rotatable bonds is 3. The maximum absolute atomic E-state index is 2.32. The maximum Gasteiger partial charge on any atom is 0.212 e. The second-order valence-electron chi connectivity index (χ2n) is 5.53. The fourth-order valence-electron chi connectivity index (χ4n) is 2.63. The lowest BCUT2D eigenvalue weighted by molar-refractivity contribution is -0.661. The molecule has 1 heterocycles. The first-order valence-electron chi connectivity index (χ1n) is 7.10. The molecule has 0 bridgehead atoms. The molecule has 1 nitrogen and oxygen atoms in total. The molecule has 0 saturated heterocycles. The Labute approximate surface area is 116 Å². The largest absolute Gasteiger partial charge is 0.212 e. The van der Waals surface area contributed by atoms with Gasteiger partial charge in [0.2, 0.25) is 5.69 Å². The topological polar surface area (TPSA) is 3.88 Å². The molecule has 1 heteroatoms. The predicted molar refractivity (Wildman–Crippen MR) is 81.2 cm³/mol. The van der Waals surface area contributed by atoms with Crippen LogP contribution in [0.25, 0.3) is 11.3 Å². The van der Waals surface area contributed by atoms with Crippen molar-refractivity contribution in [2.45, 2.75) is 40.0 Å². The van der Waals surface area contributed by atoms with E-state index in [9.17, 15) is 0 Å². The van der Waals surface area contributed by atoms with Crippen molar-refractivity contribution in [2.75, 3.05) is 0 Å². The predicted octanol–water partition coefficient (Wildman–Crippen LogP) is 4.31. The van der Waals surface area contributed by atoms with Crippen LogP contribution in [0.5, 0.6) is 0 Å². The Hall–Kier alpha value is -1.63. The summed E-state index contributed by atoms with van der Waals surface area (Å²) in [6.07, 6.45) is 3.48. The Morgan fingerprint density at radius 2 is 1.79 bits per heavy atom. The van der Waals surface area contributed by atoms with E-state index in [1.54, 1.807) is 0 Å². The highest BCUT2D eigenvalue weighted by molar-refractivity contribution is 5.61. The van der Waals surface area contributed by atoms with Gasteiger partial charge in [-0.3, -0.25) is 0 Å². The summed E-state index contributed by atoms with van der Waals surface area (Å²) >= 11 is 0. The van der Waals surface area contributed by atoms with Crippen LogP contribution in [0.2, 0.25) is 0 Å². The standard InChI is InChI=1S/C18H24N/c1-6-13(2)17-12-19(5)18(11-15(17)4)16-10-8-7-9-14(16)3/h7-13H,6H2,1-5H3/q+1. The molecule has 0 spiro atoms. The second-order valence-corrected chi connectivity index (χ2v) is 5.53. The highest BCUT2D eigenvalue weighted by Gasteiger charge is 2.17. The molecule has 0 fully saturated rings. The number of nitrogens with zero attached hydrogens (tertiary/aromatic N) is 1. The van der Waals surface area contributed by atoms with Crippen molar-refractivity contribution in [3.05, 3.63) is 53.2 Å². The monoisotopic (exact) mass is 254 g/mol. The van der Waals surface area contributed by atoms with Crippen LogP contribution in [0.1, 0.15) is 42.9 Å². The van der Waals surface area contributed by atoms with Crippen LogP contribution in [0, 0.1) is 13.8 Å². The normalized spacial score (nSPS) is 12.5. The van der Waals surface area contributed by atoms with E-state index in [1.807, 2.05) is 0 Å². The quantitative estimate of drug-likeness (QED) is 0.719. The van der Waals surface area contributed by atoms with Gasteiger partial charge in [-0.05, 0) is 43.4 Å². The van der Waals surface area contributed by atoms with Gasteiger partial charge in [-0.15, -0.1) is 0 Å². The molecule has 100 valence electrons. The van der Waals surface area contributed by atoms with Crippen LogP contribution >= 0.6 is 0 Å². The third-order valence-electron chi connectivity index (χ3n) is 4.09. The fraction of sp³-hybridized carbons (Fsp3) is 0.389. The van der Waals surface area contributed by atoms with Crippen molar-refractivity contribution in [3.63, 3.8) is 0 Å². The van der Waals surface area contributed by atoms with Crippen molar-refractivity contribution >= 4 is 0 Å². The Morgan fingerprint density at radius 3 is 2.42 bits per heavy atom. The van der Waals surface area contributed by atoms with Gasteiger partial charge in [-0.1, -0.05) is 32.0 Å². The average molecular weight is 254 g/mol. The van der Waals surface area contributed by atoms with Gasteiger partial charge in [0, 0.05) is 17.2 Å². The highest BCUT2D eigenvalue weighted by Crippen LogP contribution is 2.26. The summed E-state index contributed by atoms with van der Waals surface area (Å²) < 4.78 is 2.26. The van der Waals surface area contributed by atoms with E-state index >= 15 is 0 Å². The molecule has 0 aliphatic carbocycles. The molecule has 0 saturated carbocycles. The van der Waals surface area contributed by atoms with E-state index in [1.165, 1.54) is 34.4 Å². The minimum atomic E-state index is 0.622. The van der Waals surface area contributed by atoms with E-state index in [-0.39, 0.29) is 0 Å². The number of hydrogen-bond acceptors (Lipinski definition) is 0. The summed E-state index contributed by atoms with van der Waals surface area (Å²) in [5.74, 6) is 0.622. The highest BCUT2D eigenvalue weighted by atomic mass is 14.9. The first kappa shape index (κ1) is 13.8. The van der Waals surface area contributed by atoms with E-state index in [0.717, 1.165) is 0 Å². The number of benzene rings is 1. The van der Waals surface area contributed by atoms with Crippen molar-refractivity contribution in [1.82, 2.24) is 0 Å². The molecule has 0 aliphatic heterocycles. The van der Waals surface area contributed by atoms with Gasteiger partial charge in [0.1, 0.15) is 7.05 Å². The zero-order valence-electron chi connectivity index (χ0n) is 12.7. The summed E-state index contributed by atoms with van der Waals surface area (Å²) in [4.78, 5) is 0. The van der Waals surface area contributed by atoms with Gasteiger partial charge < -0.3 is 0 Å². The van der Waals surface area contributed by atoms with Crippen LogP contribution in [-0.2, 0) is 7.05 Å². The average Bonchev–Trinajstić information content (AvgIpc) is 2.41. The van der Waals surface area contributed by atoms with Crippen molar-refractivity contribution in [3.8, 4) is 11.3 Å². The van der Waals surface area contributed by atoms with Crippen LogP contribution in [0.3, 0.4) is 0 Å². The minimum absolute atomic E-state index is 0.622. The lowest BCUT2D eigenvalue weighted by Crippen LogP contribution is -2.32. The first-order chi connectivity index (χ1) is 9.04. The van der Waals surface area contributed by atoms with E-state index in [2.05, 4.69) is 75.8 Å². The molecule has 1 aromatic heterocycles.